The van der Waals surface area contributed by atoms with E-state index in [1.165, 1.54) is 42.1 Å². The third kappa shape index (κ3) is 2.86. The van der Waals surface area contributed by atoms with Crippen LogP contribution >= 0.6 is 11.3 Å². The number of rotatable bonds is 7. The van der Waals surface area contributed by atoms with Crippen LogP contribution < -0.4 is 5.32 Å². The van der Waals surface area contributed by atoms with E-state index in [2.05, 4.69) is 15.5 Å². The van der Waals surface area contributed by atoms with Crippen molar-refractivity contribution in [1.82, 2.24) is 15.5 Å². The van der Waals surface area contributed by atoms with Crippen molar-refractivity contribution >= 4 is 11.3 Å². The molecule has 3 rings (SSSR count). The second-order valence-corrected chi connectivity index (χ2v) is 6.54. The van der Waals surface area contributed by atoms with Gasteiger partial charge in [-0.25, -0.2) is 0 Å². The fraction of sp³-hybridized carbons (Fsp3) is 0.846. The summed E-state index contributed by atoms with van der Waals surface area (Å²) in [5.41, 5.74) is 0. The number of hydrogen-bond acceptors (Lipinski definition) is 4. The van der Waals surface area contributed by atoms with Crippen molar-refractivity contribution in [3.8, 4) is 0 Å². The molecule has 4 heteroatoms. The number of aromatic nitrogens is 2. The van der Waals surface area contributed by atoms with Crippen LogP contribution in [0.2, 0.25) is 0 Å². The van der Waals surface area contributed by atoms with Crippen LogP contribution in [0.15, 0.2) is 0 Å². The van der Waals surface area contributed by atoms with Crippen molar-refractivity contribution in [2.45, 2.75) is 44.4 Å². The van der Waals surface area contributed by atoms with E-state index in [0.29, 0.717) is 0 Å². The summed E-state index contributed by atoms with van der Waals surface area (Å²) in [6, 6.07) is 0. The quantitative estimate of drug-likeness (QED) is 0.757. The van der Waals surface area contributed by atoms with Gasteiger partial charge in [0.05, 0.1) is 0 Å². The molecule has 0 saturated heterocycles. The SMILES string of the molecule is CNCCCc1nnc(C(C2CC2)C2CC2)s1. The predicted octanol–water partition coefficient (Wildman–Crippen LogP) is 2.59. The second-order valence-electron chi connectivity index (χ2n) is 5.44. The lowest BCUT2D eigenvalue weighted by Gasteiger charge is -2.10. The highest BCUT2D eigenvalue weighted by Crippen LogP contribution is 2.54. The lowest BCUT2D eigenvalue weighted by molar-refractivity contribution is 0.530. The highest BCUT2D eigenvalue weighted by Gasteiger charge is 2.44. The zero-order valence-corrected chi connectivity index (χ0v) is 11.3. The summed E-state index contributed by atoms with van der Waals surface area (Å²) >= 11 is 1.88. The molecular weight excluding hydrogens is 230 g/mol. The Balaban J connectivity index is 1.62. The van der Waals surface area contributed by atoms with Gasteiger partial charge in [0.25, 0.3) is 0 Å². The van der Waals surface area contributed by atoms with E-state index >= 15 is 0 Å². The Kier molecular flexibility index (Phi) is 3.43. The zero-order chi connectivity index (χ0) is 11.7. The molecule has 1 heterocycles. The molecule has 2 saturated carbocycles. The van der Waals surface area contributed by atoms with Gasteiger partial charge in [-0.3, -0.25) is 0 Å². The third-order valence-corrected chi connectivity index (χ3v) is 4.93. The minimum Gasteiger partial charge on any atom is -0.320 e. The van der Waals surface area contributed by atoms with Crippen LogP contribution in [-0.4, -0.2) is 23.8 Å². The molecule has 2 fully saturated rings. The van der Waals surface area contributed by atoms with Gasteiger partial charge in [0.15, 0.2) is 0 Å². The minimum atomic E-state index is 0.769. The van der Waals surface area contributed by atoms with Crippen LogP contribution in [0.3, 0.4) is 0 Å². The van der Waals surface area contributed by atoms with E-state index in [1.807, 2.05) is 18.4 Å². The summed E-state index contributed by atoms with van der Waals surface area (Å²) in [5.74, 6) is 2.66. The van der Waals surface area contributed by atoms with Gasteiger partial charge in [0, 0.05) is 12.3 Å². The maximum atomic E-state index is 4.47. The Morgan fingerprint density at radius 2 is 1.94 bits per heavy atom. The summed E-state index contributed by atoms with van der Waals surface area (Å²) in [6.07, 6.45) is 7.96. The lowest BCUT2D eigenvalue weighted by Crippen LogP contribution is -2.08. The number of nitrogens with one attached hydrogen (secondary N) is 1. The van der Waals surface area contributed by atoms with E-state index in [0.717, 1.165) is 30.7 Å². The second kappa shape index (κ2) is 5.02. The van der Waals surface area contributed by atoms with Crippen molar-refractivity contribution in [3.05, 3.63) is 10.0 Å². The number of hydrogen-bond donors (Lipinski definition) is 1. The van der Waals surface area contributed by atoms with E-state index in [4.69, 9.17) is 0 Å². The lowest BCUT2D eigenvalue weighted by atomic mass is 9.99. The summed E-state index contributed by atoms with van der Waals surface area (Å²) in [5, 5.41) is 14.6. The van der Waals surface area contributed by atoms with Crippen molar-refractivity contribution in [1.29, 1.82) is 0 Å². The molecule has 0 aromatic carbocycles. The van der Waals surface area contributed by atoms with Gasteiger partial charge in [-0.1, -0.05) is 0 Å². The first-order valence-corrected chi connectivity index (χ1v) is 7.67. The van der Waals surface area contributed by atoms with E-state index in [9.17, 15) is 0 Å². The highest BCUT2D eigenvalue weighted by molar-refractivity contribution is 7.11. The molecule has 2 aliphatic carbocycles. The largest absolute Gasteiger partial charge is 0.320 e. The van der Waals surface area contributed by atoms with Crippen molar-refractivity contribution in [2.75, 3.05) is 13.6 Å². The molecule has 0 unspecified atom stereocenters. The van der Waals surface area contributed by atoms with Gasteiger partial charge in [-0.15, -0.1) is 21.5 Å². The standard InChI is InChI=1S/C13H21N3S/c1-14-8-2-3-11-15-16-13(17-11)12(9-4-5-9)10-6-7-10/h9-10,12,14H,2-8H2,1H3. The van der Waals surface area contributed by atoms with Crippen LogP contribution in [0.25, 0.3) is 0 Å². The molecule has 1 N–H and O–H groups in total. The van der Waals surface area contributed by atoms with Crippen LogP contribution in [-0.2, 0) is 6.42 Å². The molecule has 0 atom stereocenters. The summed E-state index contributed by atoms with van der Waals surface area (Å²) in [6.45, 7) is 1.07. The van der Waals surface area contributed by atoms with Gasteiger partial charge in [-0.05, 0) is 57.5 Å². The minimum absolute atomic E-state index is 0.769. The number of nitrogens with zero attached hydrogens (tertiary/aromatic N) is 2. The Bertz CT molecular complexity index is 356. The Morgan fingerprint density at radius 3 is 2.53 bits per heavy atom. The highest BCUT2D eigenvalue weighted by atomic mass is 32.1. The third-order valence-electron chi connectivity index (χ3n) is 3.84. The van der Waals surface area contributed by atoms with Crippen LogP contribution in [0, 0.1) is 11.8 Å². The first-order valence-electron chi connectivity index (χ1n) is 6.85. The fourth-order valence-electron chi connectivity index (χ4n) is 2.62. The van der Waals surface area contributed by atoms with E-state index < -0.39 is 0 Å². The fourth-order valence-corrected chi connectivity index (χ4v) is 3.79. The zero-order valence-electron chi connectivity index (χ0n) is 10.5. The van der Waals surface area contributed by atoms with Gasteiger partial charge in [-0.2, -0.15) is 0 Å². The molecule has 0 radical (unpaired) electrons. The van der Waals surface area contributed by atoms with Crippen molar-refractivity contribution in [2.24, 2.45) is 11.8 Å². The Labute approximate surface area is 107 Å². The smallest absolute Gasteiger partial charge is 0.121 e. The van der Waals surface area contributed by atoms with E-state index in [-0.39, 0.29) is 0 Å². The van der Waals surface area contributed by atoms with Crippen LogP contribution in [0.1, 0.15) is 48.0 Å². The number of aryl methyl sites for hydroxylation is 1. The predicted molar refractivity (Wildman–Crippen MR) is 70.3 cm³/mol. The average molecular weight is 251 g/mol. The van der Waals surface area contributed by atoms with Crippen molar-refractivity contribution < 1.29 is 0 Å². The molecule has 0 spiro atoms. The molecular formula is C13H21N3S. The average Bonchev–Trinajstić information content (AvgIpc) is 3.22. The monoisotopic (exact) mass is 251 g/mol. The van der Waals surface area contributed by atoms with Crippen molar-refractivity contribution in [3.63, 3.8) is 0 Å². The Morgan fingerprint density at radius 1 is 1.24 bits per heavy atom. The van der Waals surface area contributed by atoms with E-state index in [1.54, 1.807) is 0 Å². The maximum Gasteiger partial charge on any atom is 0.121 e. The van der Waals surface area contributed by atoms with Gasteiger partial charge >= 0.3 is 0 Å². The maximum absolute atomic E-state index is 4.47. The normalized spacial score (nSPS) is 20.1. The summed E-state index contributed by atoms with van der Waals surface area (Å²) in [4.78, 5) is 0. The summed E-state index contributed by atoms with van der Waals surface area (Å²) < 4.78 is 0. The first-order chi connectivity index (χ1) is 8.38. The molecule has 94 valence electrons. The molecule has 3 nitrogen and oxygen atoms in total. The van der Waals surface area contributed by atoms with Gasteiger partial charge in [0.2, 0.25) is 0 Å². The molecule has 1 aromatic heterocycles. The van der Waals surface area contributed by atoms with Crippen LogP contribution in [0.4, 0.5) is 0 Å². The van der Waals surface area contributed by atoms with Gasteiger partial charge in [0.1, 0.15) is 10.0 Å². The molecule has 0 aliphatic heterocycles. The molecule has 2 aliphatic rings. The molecule has 0 amide bonds. The first kappa shape index (κ1) is 11.6. The van der Waals surface area contributed by atoms with Gasteiger partial charge < -0.3 is 5.32 Å². The topological polar surface area (TPSA) is 37.8 Å². The molecule has 1 aromatic rings. The molecule has 17 heavy (non-hydrogen) atoms. The van der Waals surface area contributed by atoms with Crippen LogP contribution in [0.5, 0.6) is 0 Å². The summed E-state index contributed by atoms with van der Waals surface area (Å²) in [7, 11) is 2.00. The molecule has 0 bridgehead atoms. The Hall–Kier alpha value is -0.480.